The number of rotatable bonds is 2. The van der Waals surface area contributed by atoms with Gasteiger partial charge in [-0.15, -0.1) is 0 Å². The lowest BCUT2D eigenvalue weighted by Gasteiger charge is -2.35. The molecule has 1 aliphatic rings. The molecule has 2 aromatic heterocycles. The molecule has 1 atom stereocenters. The number of hydrogen-bond donors (Lipinski definition) is 1. The Bertz CT molecular complexity index is 708. The molecule has 0 aliphatic carbocycles. The molecule has 7 heteroatoms. The topological polar surface area (TPSA) is 93.6 Å². The third kappa shape index (κ3) is 2.24. The summed E-state index contributed by atoms with van der Waals surface area (Å²) in [5.74, 6) is -0.506. The zero-order valence-electron chi connectivity index (χ0n) is 11.8. The number of aromatic nitrogens is 3. The van der Waals surface area contributed by atoms with Crippen LogP contribution in [0.15, 0.2) is 18.5 Å². The Morgan fingerprint density at radius 3 is 2.90 bits per heavy atom. The summed E-state index contributed by atoms with van der Waals surface area (Å²) in [5.41, 5.74) is 6.93. The molecular weight excluding hydrogens is 270 g/mol. The first-order valence-electron chi connectivity index (χ1n) is 6.99. The van der Waals surface area contributed by atoms with E-state index in [9.17, 15) is 9.59 Å². The van der Waals surface area contributed by atoms with Gasteiger partial charge in [-0.3, -0.25) is 9.59 Å². The maximum Gasteiger partial charge on any atom is 0.254 e. The summed E-state index contributed by atoms with van der Waals surface area (Å²) in [6, 6.07) is 1.80. The Morgan fingerprint density at radius 2 is 2.19 bits per heavy atom. The number of hydrogen-bond acceptors (Lipinski definition) is 4. The number of carbonyl (C=O) groups excluding carboxylic acids is 2. The molecule has 2 amide bonds. The van der Waals surface area contributed by atoms with E-state index < -0.39 is 5.91 Å². The largest absolute Gasteiger partial charge is 0.365 e. The lowest BCUT2D eigenvalue weighted by Crippen LogP contribution is -2.37. The van der Waals surface area contributed by atoms with Crippen LogP contribution in [0.1, 0.15) is 48.3 Å². The van der Waals surface area contributed by atoms with Gasteiger partial charge in [0, 0.05) is 19.7 Å². The van der Waals surface area contributed by atoms with Crippen LogP contribution in [-0.2, 0) is 4.79 Å². The normalized spacial score (nSPS) is 18.9. The number of likely N-dealkylation sites (tertiary alicyclic amines) is 1. The molecule has 21 heavy (non-hydrogen) atoms. The van der Waals surface area contributed by atoms with E-state index in [4.69, 9.17) is 5.73 Å². The van der Waals surface area contributed by atoms with E-state index in [2.05, 4.69) is 10.1 Å². The maximum absolute atomic E-state index is 11.8. The lowest BCUT2D eigenvalue weighted by atomic mass is 9.99. The molecule has 1 fully saturated rings. The summed E-state index contributed by atoms with van der Waals surface area (Å²) in [6.07, 6.45) is 6.00. The molecule has 110 valence electrons. The van der Waals surface area contributed by atoms with Crippen molar-refractivity contribution in [2.24, 2.45) is 5.73 Å². The van der Waals surface area contributed by atoms with Gasteiger partial charge < -0.3 is 10.6 Å². The van der Waals surface area contributed by atoms with Gasteiger partial charge in [0.05, 0.1) is 17.9 Å². The number of nitrogens with zero attached hydrogens (tertiary/aromatic N) is 4. The molecule has 7 nitrogen and oxygen atoms in total. The van der Waals surface area contributed by atoms with Crippen LogP contribution in [0.2, 0.25) is 0 Å². The highest BCUT2D eigenvalue weighted by Crippen LogP contribution is 2.31. The first-order valence-corrected chi connectivity index (χ1v) is 6.99. The number of piperidine rings is 1. The van der Waals surface area contributed by atoms with Crippen LogP contribution in [-0.4, -0.2) is 37.9 Å². The number of fused-ring (bicyclic) bond motifs is 1. The Hall–Kier alpha value is -2.44. The molecule has 0 spiro atoms. The minimum absolute atomic E-state index is 0.0395. The summed E-state index contributed by atoms with van der Waals surface area (Å²) in [6.45, 7) is 2.32. The van der Waals surface area contributed by atoms with Crippen molar-refractivity contribution in [3.8, 4) is 0 Å². The Kier molecular flexibility index (Phi) is 3.32. The number of amides is 2. The van der Waals surface area contributed by atoms with Crippen molar-refractivity contribution < 1.29 is 9.59 Å². The molecule has 2 N–H and O–H groups in total. The van der Waals surface area contributed by atoms with Gasteiger partial charge in [0.25, 0.3) is 5.91 Å². The molecular formula is C14H17N5O2. The van der Waals surface area contributed by atoms with E-state index in [1.807, 2.05) is 11.0 Å². The van der Waals surface area contributed by atoms with E-state index in [1.165, 1.54) is 6.20 Å². The SMILES string of the molecule is CC(=O)N1CCCC[C@@H]1c1ccnc2c(C(N)=O)cnn12. The van der Waals surface area contributed by atoms with Gasteiger partial charge in [-0.25, -0.2) is 9.50 Å². The molecule has 0 bridgehead atoms. The first-order chi connectivity index (χ1) is 10.1. The zero-order chi connectivity index (χ0) is 15.0. The van der Waals surface area contributed by atoms with Gasteiger partial charge in [-0.1, -0.05) is 0 Å². The average Bonchev–Trinajstić information content (AvgIpc) is 2.91. The van der Waals surface area contributed by atoms with Gasteiger partial charge in [-0.05, 0) is 25.3 Å². The second-order valence-electron chi connectivity index (χ2n) is 5.25. The summed E-state index contributed by atoms with van der Waals surface area (Å²) >= 11 is 0. The quantitative estimate of drug-likeness (QED) is 0.888. The number of carbonyl (C=O) groups is 2. The molecule has 0 saturated carbocycles. The number of nitrogens with two attached hydrogens (primary N) is 1. The highest BCUT2D eigenvalue weighted by molar-refractivity contribution is 5.98. The van der Waals surface area contributed by atoms with E-state index in [1.54, 1.807) is 17.6 Å². The monoisotopic (exact) mass is 287 g/mol. The third-order valence-corrected chi connectivity index (χ3v) is 3.94. The lowest BCUT2D eigenvalue weighted by molar-refractivity contribution is -0.132. The molecule has 0 aromatic carbocycles. The molecule has 1 aliphatic heterocycles. The van der Waals surface area contributed by atoms with Crippen LogP contribution in [0.25, 0.3) is 5.65 Å². The fourth-order valence-electron chi connectivity index (χ4n) is 2.95. The number of primary amides is 1. The average molecular weight is 287 g/mol. The van der Waals surface area contributed by atoms with Crippen LogP contribution >= 0.6 is 0 Å². The van der Waals surface area contributed by atoms with Crippen molar-refractivity contribution in [1.29, 1.82) is 0 Å². The van der Waals surface area contributed by atoms with Crippen molar-refractivity contribution in [3.05, 3.63) is 29.7 Å². The van der Waals surface area contributed by atoms with Gasteiger partial charge in [0.15, 0.2) is 5.65 Å². The van der Waals surface area contributed by atoms with E-state index >= 15 is 0 Å². The van der Waals surface area contributed by atoms with Gasteiger partial charge in [-0.2, -0.15) is 5.10 Å². The third-order valence-electron chi connectivity index (χ3n) is 3.94. The standard InChI is InChI=1S/C14H17N5O2/c1-9(20)18-7-3-2-4-11(18)12-5-6-16-14-10(13(15)21)8-17-19(12)14/h5-6,8,11H,2-4,7H2,1H3,(H2,15,21)/t11-/m1/s1. The van der Waals surface area contributed by atoms with E-state index in [0.29, 0.717) is 11.2 Å². The highest BCUT2D eigenvalue weighted by atomic mass is 16.2. The summed E-state index contributed by atoms with van der Waals surface area (Å²) in [4.78, 5) is 29.3. The van der Waals surface area contributed by atoms with Crippen LogP contribution in [0, 0.1) is 0 Å². The predicted octanol–water partition coefficient (Wildman–Crippen LogP) is 0.902. The van der Waals surface area contributed by atoms with E-state index in [-0.39, 0.29) is 11.9 Å². The minimum atomic E-state index is -0.554. The van der Waals surface area contributed by atoms with Crippen molar-refractivity contribution in [3.63, 3.8) is 0 Å². The highest BCUT2D eigenvalue weighted by Gasteiger charge is 2.28. The first kappa shape index (κ1) is 13.5. The van der Waals surface area contributed by atoms with Crippen molar-refractivity contribution in [1.82, 2.24) is 19.5 Å². The Morgan fingerprint density at radius 1 is 1.38 bits per heavy atom. The second kappa shape index (κ2) is 5.16. The Balaban J connectivity index is 2.11. The van der Waals surface area contributed by atoms with E-state index in [0.717, 1.165) is 31.5 Å². The van der Waals surface area contributed by atoms with Crippen molar-refractivity contribution in [2.75, 3.05) is 6.54 Å². The Labute approximate surface area is 121 Å². The predicted molar refractivity (Wildman–Crippen MR) is 75.5 cm³/mol. The molecule has 3 rings (SSSR count). The van der Waals surface area contributed by atoms with Gasteiger partial charge in [0.2, 0.25) is 5.91 Å². The van der Waals surface area contributed by atoms with Crippen LogP contribution in [0.3, 0.4) is 0 Å². The summed E-state index contributed by atoms with van der Waals surface area (Å²) in [7, 11) is 0. The van der Waals surface area contributed by atoms with Crippen LogP contribution in [0.5, 0.6) is 0 Å². The van der Waals surface area contributed by atoms with Gasteiger partial charge in [0.1, 0.15) is 5.56 Å². The van der Waals surface area contributed by atoms with Crippen LogP contribution in [0.4, 0.5) is 0 Å². The maximum atomic E-state index is 11.8. The summed E-state index contributed by atoms with van der Waals surface area (Å²) < 4.78 is 1.62. The van der Waals surface area contributed by atoms with Crippen molar-refractivity contribution >= 4 is 17.5 Å². The molecule has 2 aromatic rings. The summed E-state index contributed by atoms with van der Waals surface area (Å²) in [5, 5.41) is 4.22. The zero-order valence-corrected chi connectivity index (χ0v) is 11.8. The van der Waals surface area contributed by atoms with Gasteiger partial charge >= 0.3 is 0 Å². The minimum Gasteiger partial charge on any atom is -0.365 e. The molecule has 1 saturated heterocycles. The fraction of sp³-hybridized carbons (Fsp3) is 0.429. The smallest absolute Gasteiger partial charge is 0.254 e. The molecule has 3 heterocycles. The van der Waals surface area contributed by atoms with Crippen LogP contribution < -0.4 is 5.73 Å². The second-order valence-corrected chi connectivity index (χ2v) is 5.25. The van der Waals surface area contributed by atoms with Crippen molar-refractivity contribution in [2.45, 2.75) is 32.2 Å². The molecule has 0 unspecified atom stereocenters. The fourth-order valence-corrected chi connectivity index (χ4v) is 2.95. The molecule has 0 radical (unpaired) electrons.